The van der Waals surface area contributed by atoms with Gasteiger partial charge in [0.1, 0.15) is 23.1 Å². The Hall–Kier alpha value is -4.24. The number of nitrogens with one attached hydrogen (secondary N) is 1. The number of aromatic nitrogens is 1. The summed E-state index contributed by atoms with van der Waals surface area (Å²) in [7, 11) is 0. The van der Waals surface area contributed by atoms with Crippen molar-refractivity contribution in [2.75, 3.05) is 6.61 Å². The average molecular weight is 409 g/mol. The van der Waals surface area contributed by atoms with E-state index in [0.717, 1.165) is 21.7 Å². The Balaban J connectivity index is 1.78. The number of nitrogens with two attached hydrogens (primary N) is 1. The summed E-state index contributed by atoms with van der Waals surface area (Å²) in [6, 6.07) is 21.1. The quantitative estimate of drug-likeness (QED) is 0.525. The molecule has 4 aromatic rings. The van der Waals surface area contributed by atoms with E-state index in [1.165, 1.54) is 0 Å². The van der Waals surface area contributed by atoms with Gasteiger partial charge in [-0.2, -0.15) is 5.26 Å². The summed E-state index contributed by atoms with van der Waals surface area (Å²) < 4.78 is 11.5. The number of aromatic amines is 1. The molecular weight excluding hydrogens is 390 g/mol. The molecule has 1 aliphatic rings. The van der Waals surface area contributed by atoms with E-state index in [0.29, 0.717) is 29.2 Å². The average Bonchev–Trinajstić information content (AvgIpc) is 2.78. The van der Waals surface area contributed by atoms with Gasteiger partial charge in [-0.15, -0.1) is 0 Å². The number of nitriles is 1. The zero-order valence-corrected chi connectivity index (χ0v) is 16.8. The number of allylic oxidation sites excluding steroid dienone is 1. The fourth-order valence-corrected chi connectivity index (χ4v) is 4.18. The number of hydrogen-bond donors (Lipinski definition) is 2. The predicted octanol–water partition coefficient (Wildman–Crippen LogP) is 4.30. The molecule has 0 radical (unpaired) electrons. The molecule has 31 heavy (non-hydrogen) atoms. The topological polar surface area (TPSA) is 101 Å². The highest BCUT2D eigenvalue weighted by Gasteiger charge is 2.33. The van der Waals surface area contributed by atoms with Crippen LogP contribution >= 0.6 is 0 Å². The van der Waals surface area contributed by atoms with E-state index in [9.17, 15) is 10.1 Å². The van der Waals surface area contributed by atoms with Crippen LogP contribution in [0.4, 0.5) is 0 Å². The Morgan fingerprint density at radius 2 is 1.94 bits per heavy atom. The van der Waals surface area contributed by atoms with Crippen molar-refractivity contribution in [3.05, 3.63) is 93.6 Å². The van der Waals surface area contributed by atoms with E-state index in [2.05, 4.69) is 11.1 Å². The number of fused-ring (bicyclic) bond motifs is 4. The minimum absolute atomic E-state index is 0.0129. The second-order valence-corrected chi connectivity index (χ2v) is 7.37. The number of hydrogen-bond acceptors (Lipinski definition) is 5. The van der Waals surface area contributed by atoms with Crippen LogP contribution in [-0.4, -0.2) is 11.6 Å². The van der Waals surface area contributed by atoms with Gasteiger partial charge in [-0.05, 0) is 36.6 Å². The molecule has 0 amide bonds. The summed E-state index contributed by atoms with van der Waals surface area (Å²) in [6.45, 7) is 2.46. The first-order valence-electron chi connectivity index (χ1n) is 9.99. The molecule has 0 spiro atoms. The first-order valence-corrected chi connectivity index (χ1v) is 9.99. The minimum atomic E-state index is -0.637. The maximum Gasteiger partial charge on any atom is 0.252 e. The van der Waals surface area contributed by atoms with Crippen molar-refractivity contribution < 1.29 is 9.47 Å². The molecule has 0 unspecified atom stereocenters. The van der Waals surface area contributed by atoms with Crippen molar-refractivity contribution in [3.8, 4) is 17.6 Å². The molecule has 6 heteroatoms. The van der Waals surface area contributed by atoms with Gasteiger partial charge in [-0.1, -0.05) is 36.4 Å². The normalized spacial score (nSPS) is 15.4. The lowest BCUT2D eigenvalue weighted by molar-refractivity contribution is 0.340. The van der Waals surface area contributed by atoms with Gasteiger partial charge in [0, 0.05) is 27.4 Å². The second-order valence-electron chi connectivity index (χ2n) is 7.37. The summed E-state index contributed by atoms with van der Waals surface area (Å²) >= 11 is 0. The molecule has 0 saturated heterocycles. The molecule has 1 aromatic heterocycles. The molecule has 1 atom stereocenters. The summed E-state index contributed by atoms with van der Waals surface area (Å²) in [5.41, 5.74) is 7.95. The highest BCUT2D eigenvalue weighted by Crippen LogP contribution is 2.44. The first-order chi connectivity index (χ1) is 15.1. The summed E-state index contributed by atoms with van der Waals surface area (Å²) in [4.78, 5) is 16.0. The van der Waals surface area contributed by atoms with Crippen molar-refractivity contribution in [2.24, 2.45) is 5.73 Å². The van der Waals surface area contributed by atoms with Gasteiger partial charge in [0.15, 0.2) is 0 Å². The molecule has 3 aromatic carbocycles. The fraction of sp³-hybridized carbons (Fsp3) is 0.120. The molecule has 1 aliphatic heterocycles. The van der Waals surface area contributed by atoms with Crippen LogP contribution in [0.1, 0.15) is 24.0 Å². The van der Waals surface area contributed by atoms with E-state index in [4.69, 9.17) is 15.2 Å². The van der Waals surface area contributed by atoms with Crippen LogP contribution in [0, 0.1) is 11.3 Å². The van der Waals surface area contributed by atoms with Gasteiger partial charge in [0.2, 0.25) is 5.88 Å². The molecule has 0 bridgehead atoms. The maximum absolute atomic E-state index is 13.1. The van der Waals surface area contributed by atoms with Crippen molar-refractivity contribution >= 4 is 21.7 Å². The van der Waals surface area contributed by atoms with E-state index >= 15 is 0 Å². The standard InChI is InChI=1S/C25H19N3O3/c1-2-30-16-8-10-21-15(11-16)12-19(25(29)28-21)22-18-9-7-14-5-3-4-6-17(14)23(18)31-24(27)20(22)13-26/h3-12,22H,2,27H2,1H3,(H,28,29)/t22-/m0/s1. The lowest BCUT2D eigenvalue weighted by atomic mass is 9.82. The Kier molecular flexibility index (Phi) is 4.37. The van der Waals surface area contributed by atoms with Crippen molar-refractivity contribution in [1.82, 2.24) is 4.98 Å². The number of pyridine rings is 1. The maximum atomic E-state index is 13.1. The van der Waals surface area contributed by atoms with Crippen molar-refractivity contribution in [1.29, 1.82) is 5.26 Å². The number of H-pyrrole nitrogens is 1. The second kappa shape index (κ2) is 7.22. The molecule has 152 valence electrons. The molecule has 0 fully saturated rings. The number of ether oxygens (including phenoxy) is 2. The van der Waals surface area contributed by atoms with Gasteiger partial charge in [-0.3, -0.25) is 4.79 Å². The Bertz CT molecular complexity index is 1480. The van der Waals surface area contributed by atoms with Crippen molar-refractivity contribution in [2.45, 2.75) is 12.8 Å². The zero-order valence-electron chi connectivity index (χ0n) is 16.8. The summed E-state index contributed by atoms with van der Waals surface area (Å²) in [5, 5.41) is 12.5. The van der Waals surface area contributed by atoms with Gasteiger partial charge in [-0.25, -0.2) is 0 Å². The highest BCUT2D eigenvalue weighted by molar-refractivity contribution is 5.91. The van der Waals surface area contributed by atoms with E-state index in [1.807, 2.05) is 61.5 Å². The predicted molar refractivity (Wildman–Crippen MR) is 119 cm³/mol. The van der Waals surface area contributed by atoms with Gasteiger partial charge in [0.25, 0.3) is 5.56 Å². The number of rotatable bonds is 3. The van der Waals surface area contributed by atoms with Crippen molar-refractivity contribution in [3.63, 3.8) is 0 Å². The highest BCUT2D eigenvalue weighted by atomic mass is 16.5. The van der Waals surface area contributed by atoms with Gasteiger partial charge >= 0.3 is 0 Å². The van der Waals surface area contributed by atoms with E-state index in [-0.39, 0.29) is 17.0 Å². The monoisotopic (exact) mass is 409 g/mol. The first kappa shape index (κ1) is 18.8. The van der Waals surface area contributed by atoms with E-state index in [1.54, 1.807) is 6.07 Å². The minimum Gasteiger partial charge on any atom is -0.494 e. The SMILES string of the molecule is CCOc1ccc2[nH]c(=O)c([C@H]3C(C#N)=C(N)Oc4c3ccc3ccccc43)cc2c1. The van der Waals surface area contributed by atoms with Gasteiger partial charge < -0.3 is 20.2 Å². The molecular formula is C25H19N3O3. The lowest BCUT2D eigenvalue weighted by Crippen LogP contribution is -2.25. The van der Waals surface area contributed by atoms with Crippen LogP contribution in [0.25, 0.3) is 21.7 Å². The largest absolute Gasteiger partial charge is 0.494 e. The lowest BCUT2D eigenvalue weighted by Gasteiger charge is -2.27. The fourth-order valence-electron chi connectivity index (χ4n) is 4.18. The third kappa shape index (κ3) is 2.99. The Morgan fingerprint density at radius 3 is 2.74 bits per heavy atom. The summed E-state index contributed by atoms with van der Waals surface area (Å²) in [6.07, 6.45) is 0. The van der Waals surface area contributed by atoms with Crippen LogP contribution in [-0.2, 0) is 0 Å². The molecule has 3 N–H and O–H groups in total. The van der Waals surface area contributed by atoms with Gasteiger partial charge in [0.05, 0.1) is 12.5 Å². The Labute approximate surface area is 178 Å². The van der Waals surface area contributed by atoms with E-state index < -0.39 is 5.92 Å². The summed E-state index contributed by atoms with van der Waals surface area (Å²) in [5.74, 6) is 0.658. The molecule has 2 heterocycles. The Morgan fingerprint density at radius 1 is 1.10 bits per heavy atom. The molecule has 6 nitrogen and oxygen atoms in total. The molecule has 0 saturated carbocycles. The number of benzene rings is 3. The van der Waals surface area contributed by atoms with Crippen LogP contribution in [0.5, 0.6) is 11.5 Å². The zero-order chi connectivity index (χ0) is 21.5. The number of nitrogens with zero attached hydrogens (tertiary/aromatic N) is 1. The van der Waals surface area contributed by atoms with Crippen LogP contribution in [0.15, 0.2) is 76.9 Å². The van der Waals surface area contributed by atoms with Crippen LogP contribution in [0.2, 0.25) is 0 Å². The molecule has 5 rings (SSSR count). The smallest absolute Gasteiger partial charge is 0.252 e. The van der Waals surface area contributed by atoms with Crippen LogP contribution < -0.4 is 20.8 Å². The third-order valence-corrected chi connectivity index (χ3v) is 5.57. The van der Waals surface area contributed by atoms with Crippen LogP contribution in [0.3, 0.4) is 0 Å². The third-order valence-electron chi connectivity index (χ3n) is 5.57. The molecule has 0 aliphatic carbocycles.